The maximum Gasteiger partial charge on any atom is 0.229 e. The van der Waals surface area contributed by atoms with Crippen LogP contribution in [-0.2, 0) is 9.84 Å². The lowest BCUT2D eigenvalue weighted by atomic mass is 9.98. The van der Waals surface area contributed by atoms with E-state index in [4.69, 9.17) is 0 Å². The summed E-state index contributed by atoms with van der Waals surface area (Å²) >= 11 is 0. The molecule has 0 radical (unpaired) electrons. The van der Waals surface area contributed by atoms with Crippen LogP contribution in [0.1, 0.15) is 43.0 Å². The van der Waals surface area contributed by atoms with Gasteiger partial charge in [0.1, 0.15) is 5.82 Å². The fourth-order valence-electron chi connectivity index (χ4n) is 3.51. The molecule has 6 nitrogen and oxygen atoms in total. The highest BCUT2D eigenvalue weighted by molar-refractivity contribution is 7.91. The molecular formula is C20H28N4O2S. The molecule has 2 heterocycles. The quantitative estimate of drug-likeness (QED) is 0.844. The smallest absolute Gasteiger partial charge is 0.229 e. The summed E-state index contributed by atoms with van der Waals surface area (Å²) in [5.41, 5.74) is 4.24. The Bertz CT molecular complexity index is 941. The molecule has 3 rings (SSSR count). The molecule has 1 N–H and O–H groups in total. The molecule has 0 bridgehead atoms. The first-order valence-electron chi connectivity index (χ1n) is 9.32. The van der Waals surface area contributed by atoms with Crippen LogP contribution in [0.5, 0.6) is 0 Å². The highest BCUT2D eigenvalue weighted by Gasteiger charge is 2.31. The zero-order chi connectivity index (χ0) is 19.8. The van der Waals surface area contributed by atoms with Crippen LogP contribution >= 0.6 is 0 Å². The zero-order valence-electron chi connectivity index (χ0n) is 16.7. The summed E-state index contributed by atoms with van der Waals surface area (Å²) in [6, 6.07) is 8.11. The third-order valence-electron chi connectivity index (χ3n) is 5.12. The molecule has 1 atom stereocenters. The van der Waals surface area contributed by atoms with E-state index in [9.17, 15) is 8.42 Å². The molecule has 1 aromatic carbocycles. The van der Waals surface area contributed by atoms with Crippen LogP contribution in [0.15, 0.2) is 24.3 Å². The van der Waals surface area contributed by atoms with Crippen molar-refractivity contribution in [1.29, 1.82) is 0 Å². The van der Waals surface area contributed by atoms with Crippen LogP contribution in [-0.4, -0.2) is 43.0 Å². The van der Waals surface area contributed by atoms with Gasteiger partial charge in [-0.05, 0) is 37.3 Å². The van der Waals surface area contributed by atoms with E-state index in [0.717, 1.165) is 22.8 Å². The molecule has 1 aliphatic heterocycles. The second-order valence-electron chi connectivity index (χ2n) is 7.68. The molecule has 0 amide bonds. The minimum atomic E-state index is -2.94. The van der Waals surface area contributed by atoms with E-state index in [1.54, 1.807) is 0 Å². The summed E-state index contributed by atoms with van der Waals surface area (Å²) in [6.07, 6.45) is 0.639. The van der Waals surface area contributed by atoms with Crippen molar-refractivity contribution in [3.05, 3.63) is 41.1 Å². The van der Waals surface area contributed by atoms with Crippen LogP contribution in [0.25, 0.3) is 0 Å². The van der Waals surface area contributed by atoms with Gasteiger partial charge in [-0.15, -0.1) is 0 Å². The molecule has 1 fully saturated rings. The average molecular weight is 389 g/mol. The van der Waals surface area contributed by atoms with Gasteiger partial charge in [-0.1, -0.05) is 32.0 Å². The average Bonchev–Trinajstić information content (AvgIpc) is 2.95. The number of nitrogens with zero attached hydrogens (tertiary/aromatic N) is 3. The van der Waals surface area contributed by atoms with E-state index < -0.39 is 9.84 Å². The van der Waals surface area contributed by atoms with Gasteiger partial charge in [-0.25, -0.2) is 13.4 Å². The van der Waals surface area contributed by atoms with E-state index >= 15 is 0 Å². The lowest BCUT2D eigenvalue weighted by Crippen LogP contribution is -2.33. The second-order valence-corrected chi connectivity index (χ2v) is 9.91. The number of benzene rings is 1. The first-order valence-corrected chi connectivity index (χ1v) is 11.1. The second kappa shape index (κ2) is 7.46. The largest absolute Gasteiger partial charge is 0.355 e. The summed E-state index contributed by atoms with van der Waals surface area (Å²) in [4.78, 5) is 11.2. The van der Waals surface area contributed by atoms with Crippen molar-refractivity contribution >= 4 is 27.3 Å². The fourth-order valence-corrected chi connectivity index (χ4v) is 5.28. The fraction of sp³-hybridized carbons (Fsp3) is 0.500. The number of aromatic nitrogens is 2. The SMILES string of the molecule is Cc1cc(N(C)C2CCS(=O)(=O)C2)nc(Nc2c(C)cccc2C(C)C)n1. The molecule has 0 saturated carbocycles. The van der Waals surface area contributed by atoms with Crippen molar-refractivity contribution in [3.63, 3.8) is 0 Å². The Morgan fingerprint density at radius 3 is 2.59 bits per heavy atom. The Hall–Kier alpha value is -2.15. The molecule has 1 saturated heterocycles. The van der Waals surface area contributed by atoms with Gasteiger partial charge in [0.25, 0.3) is 0 Å². The molecule has 146 valence electrons. The molecule has 0 aliphatic carbocycles. The summed E-state index contributed by atoms with van der Waals surface area (Å²) in [6.45, 7) is 8.32. The molecule has 1 unspecified atom stereocenters. The standard InChI is InChI=1S/C20H28N4O2S/c1-13(2)17-8-6-7-14(3)19(17)23-20-21-15(4)11-18(22-20)24(5)16-9-10-27(25,26)12-16/h6-8,11,13,16H,9-10,12H2,1-5H3,(H,21,22,23). The highest BCUT2D eigenvalue weighted by atomic mass is 32.2. The van der Waals surface area contributed by atoms with Gasteiger partial charge in [0, 0.05) is 30.5 Å². The third kappa shape index (κ3) is 4.40. The third-order valence-corrected chi connectivity index (χ3v) is 6.87. The van der Waals surface area contributed by atoms with Crippen molar-refractivity contribution in [1.82, 2.24) is 9.97 Å². The summed E-state index contributed by atoms with van der Waals surface area (Å²) in [5, 5.41) is 3.40. The number of rotatable bonds is 5. The zero-order valence-corrected chi connectivity index (χ0v) is 17.5. The van der Waals surface area contributed by atoms with E-state index in [1.807, 2.05) is 24.9 Å². The molecule has 1 aliphatic rings. The lowest BCUT2D eigenvalue weighted by molar-refractivity contribution is 0.600. The molecule has 27 heavy (non-hydrogen) atoms. The molecular weight excluding hydrogens is 360 g/mol. The Morgan fingerprint density at radius 1 is 1.22 bits per heavy atom. The van der Waals surface area contributed by atoms with E-state index in [-0.39, 0.29) is 17.5 Å². The van der Waals surface area contributed by atoms with Crippen molar-refractivity contribution in [3.8, 4) is 0 Å². The van der Waals surface area contributed by atoms with E-state index in [1.165, 1.54) is 5.56 Å². The summed E-state index contributed by atoms with van der Waals surface area (Å²) < 4.78 is 23.6. The van der Waals surface area contributed by atoms with Gasteiger partial charge in [0.2, 0.25) is 5.95 Å². The number of hydrogen-bond donors (Lipinski definition) is 1. The van der Waals surface area contributed by atoms with Crippen LogP contribution in [0.4, 0.5) is 17.5 Å². The number of hydrogen-bond acceptors (Lipinski definition) is 6. The minimum absolute atomic E-state index is 0.0400. The lowest BCUT2D eigenvalue weighted by Gasteiger charge is -2.25. The summed E-state index contributed by atoms with van der Waals surface area (Å²) in [5.74, 6) is 2.09. The van der Waals surface area contributed by atoms with Gasteiger partial charge in [-0.2, -0.15) is 4.98 Å². The van der Waals surface area contributed by atoms with Crippen molar-refractivity contribution in [2.45, 2.75) is 46.1 Å². The van der Waals surface area contributed by atoms with Crippen LogP contribution in [0.2, 0.25) is 0 Å². The van der Waals surface area contributed by atoms with Crippen LogP contribution in [0.3, 0.4) is 0 Å². The normalized spacial score (nSPS) is 18.7. The number of para-hydroxylation sites is 1. The van der Waals surface area contributed by atoms with Gasteiger partial charge in [0.05, 0.1) is 11.5 Å². The van der Waals surface area contributed by atoms with Gasteiger partial charge >= 0.3 is 0 Å². The number of aryl methyl sites for hydroxylation is 2. The first-order chi connectivity index (χ1) is 12.7. The van der Waals surface area contributed by atoms with Crippen molar-refractivity contribution < 1.29 is 8.42 Å². The Morgan fingerprint density at radius 2 is 1.96 bits per heavy atom. The maximum atomic E-state index is 11.8. The molecule has 0 spiro atoms. The van der Waals surface area contributed by atoms with Gasteiger partial charge in [-0.3, -0.25) is 0 Å². The number of sulfone groups is 1. The topological polar surface area (TPSA) is 75.2 Å². The van der Waals surface area contributed by atoms with Crippen LogP contribution < -0.4 is 10.2 Å². The van der Waals surface area contributed by atoms with Crippen LogP contribution in [0, 0.1) is 13.8 Å². The molecule has 1 aromatic heterocycles. The Kier molecular flexibility index (Phi) is 5.42. The van der Waals surface area contributed by atoms with Crippen molar-refractivity contribution in [2.75, 3.05) is 28.8 Å². The molecule has 7 heteroatoms. The highest BCUT2D eigenvalue weighted by Crippen LogP contribution is 2.30. The van der Waals surface area contributed by atoms with Gasteiger partial charge in [0.15, 0.2) is 9.84 Å². The van der Waals surface area contributed by atoms with Gasteiger partial charge < -0.3 is 10.2 Å². The summed E-state index contributed by atoms with van der Waals surface area (Å²) in [7, 11) is -1.03. The Labute approximate surface area is 162 Å². The van der Waals surface area contributed by atoms with E-state index in [2.05, 4.69) is 54.3 Å². The minimum Gasteiger partial charge on any atom is -0.355 e. The predicted octanol–water partition coefficient (Wildman–Crippen LogP) is 3.58. The maximum absolute atomic E-state index is 11.8. The number of anilines is 3. The molecule has 2 aromatic rings. The first kappa shape index (κ1) is 19.6. The van der Waals surface area contributed by atoms with Crippen molar-refractivity contribution in [2.24, 2.45) is 0 Å². The number of nitrogens with one attached hydrogen (secondary N) is 1. The Balaban J connectivity index is 1.91. The predicted molar refractivity (Wildman–Crippen MR) is 111 cm³/mol. The van der Waals surface area contributed by atoms with E-state index in [0.29, 0.717) is 18.3 Å². The monoisotopic (exact) mass is 388 g/mol.